The van der Waals surface area contributed by atoms with Crippen molar-refractivity contribution in [1.29, 1.82) is 5.26 Å². The van der Waals surface area contributed by atoms with Gasteiger partial charge >= 0.3 is 0 Å². The second-order valence-corrected chi connectivity index (χ2v) is 12.0. The van der Waals surface area contributed by atoms with Gasteiger partial charge in [-0.15, -0.1) is 0 Å². The fourth-order valence-corrected chi connectivity index (χ4v) is 5.51. The van der Waals surface area contributed by atoms with Crippen LogP contribution in [0.1, 0.15) is 82.6 Å². The molecule has 2 aliphatic rings. The number of Topliss-reactive ketones (excluding diaryl/α,β-unsaturated/α-hetero) is 2. The van der Waals surface area contributed by atoms with Gasteiger partial charge in [0.2, 0.25) is 5.91 Å². The number of para-hydroxylation sites is 1. The van der Waals surface area contributed by atoms with Crippen molar-refractivity contribution in [3.05, 3.63) is 35.0 Å². The molecule has 2 aromatic rings. The van der Waals surface area contributed by atoms with Gasteiger partial charge < -0.3 is 10.3 Å². The summed E-state index contributed by atoms with van der Waals surface area (Å²) in [6.45, 7) is 5.87. The number of H-pyrrole nitrogens is 1. The van der Waals surface area contributed by atoms with Crippen LogP contribution in [0.2, 0.25) is 5.02 Å². The van der Waals surface area contributed by atoms with Gasteiger partial charge in [-0.2, -0.15) is 5.26 Å². The van der Waals surface area contributed by atoms with E-state index in [0.717, 1.165) is 31.1 Å². The van der Waals surface area contributed by atoms with E-state index in [4.69, 9.17) is 11.6 Å². The zero-order chi connectivity index (χ0) is 25.4. The summed E-state index contributed by atoms with van der Waals surface area (Å²) in [5.74, 6) is -0.586. The zero-order valence-corrected chi connectivity index (χ0v) is 21.5. The van der Waals surface area contributed by atoms with Crippen LogP contribution in [-0.4, -0.2) is 28.0 Å². The monoisotopic (exact) mass is 495 g/mol. The lowest BCUT2D eigenvalue weighted by Crippen LogP contribution is -2.50. The van der Waals surface area contributed by atoms with Gasteiger partial charge in [-0.25, -0.2) is 0 Å². The van der Waals surface area contributed by atoms with Gasteiger partial charge in [-0.3, -0.25) is 14.4 Å². The Balaban J connectivity index is 1.45. The van der Waals surface area contributed by atoms with Crippen molar-refractivity contribution in [3.8, 4) is 6.07 Å². The molecule has 186 valence electrons. The van der Waals surface area contributed by atoms with Gasteiger partial charge in [0.1, 0.15) is 11.3 Å². The summed E-state index contributed by atoms with van der Waals surface area (Å²) < 4.78 is 0. The molecule has 2 aliphatic carbocycles. The van der Waals surface area contributed by atoms with Crippen molar-refractivity contribution >= 4 is 40.0 Å². The summed E-state index contributed by atoms with van der Waals surface area (Å²) in [6, 6.07) is 9.49. The summed E-state index contributed by atoms with van der Waals surface area (Å²) in [6.07, 6.45) is 5.25. The molecule has 3 atom stereocenters. The smallest absolute Gasteiger partial charge is 0.224 e. The first-order valence-electron chi connectivity index (χ1n) is 12.5. The average Bonchev–Trinajstić information content (AvgIpc) is 3.49. The first kappa shape index (κ1) is 25.4. The molecule has 7 heteroatoms. The lowest BCUT2D eigenvalue weighted by Gasteiger charge is -2.36. The number of halogens is 1. The average molecular weight is 496 g/mol. The van der Waals surface area contributed by atoms with Gasteiger partial charge in [0.25, 0.3) is 0 Å². The number of aromatic nitrogens is 1. The lowest BCUT2D eigenvalue weighted by atomic mass is 9.69. The Labute approximate surface area is 211 Å². The van der Waals surface area contributed by atoms with E-state index in [0.29, 0.717) is 41.4 Å². The first-order chi connectivity index (χ1) is 16.5. The molecule has 0 bridgehead atoms. The second kappa shape index (κ2) is 9.78. The van der Waals surface area contributed by atoms with Crippen molar-refractivity contribution < 1.29 is 14.4 Å². The fraction of sp³-hybridized carbons (Fsp3) is 0.571. The van der Waals surface area contributed by atoms with Crippen LogP contribution in [-0.2, 0) is 9.59 Å². The van der Waals surface area contributed by atoms with E-state index < -0.39 is 11.5 Å². The predicted octanol–water partition coefficient (Wildman–Crippen LogP) is 5.99. The van der Waals surface area contributed by atoms with E-state index in [1.807, 2.05) is 12.1 Å². The van der Waals surface area contributed by atoms with E-state index in [1.54, 1.807) is 19.1 Å². The Morgan fingerprint density at radius 3 is 2.69 bits per heavy atom. The molecule has 1 aromatic carbocycles. The third-order valence-corrected chi connectivity index (χ3v) is 7.92. The van der Waals surface area contributed by atoms with Crippen LogP contribution in [0.25, 0.3) is 10.9 Å². The van der Waals surface area contributed by atoms with E-state index in [2.05, 4.69) is 30.2 Å². The highest BCUT2D eigenvalue weighted by Gasteiger charge is 2.40. The SMILES string of the molecule is CC1(C)CCC(CC(C)(C#N)NC(=O)C(CC(=O)c2cc3cccc(Cl)c3[nH]2)CC2CC2)C(=O)C1. The number of nitrogens with one attached hydrogen (secondary N) is 2. The molecule has 6 nitrogen and oxygen atoms in total. The van der Waals surface area contributed by atoms with Gasteiger partial charge in [-0.05, 0) is 56.1 Å². The summed E-state index contributed by atoms with van der Waals surface area (Å²) in [5.41, 5.74) is -0.0286. The molecule has 3 unspecified atom stereocenters. The van der Waals surface area contributed by atoms with E-state index in [9.17, 15) is 19.6 Å². The molecule has 1 amide bonds. The molecule has 0 radical (unpaired) electrons. The van der Waals surface area contributed by atoms with Gasteiger partial charge in [0.05, 0.1) is 22.3 Å². The number of hydrogen-bond donors (Lipinski definition) is 2. The van der Waals surface area contributed by atoms with Gasteiger partial charge in [0, 0.05) is 30.1 Å². The molecular weight excluding hydrogens is 462 g/mol. The highest BCUT2D eigenvalue weighted by Crippen LogP contribution is 2.39. The maximum atomic E-state index is 13.4. The summed E-state index contributed by atoms with van der Waals surface area (Å²) in [4.78, 5) is 42.3. The van der Waals surface area contributed by atoms with Gasteiger partial charge in [0.15, 0.2) is 5.78 Å². The number of hydrogen-bond acceptors (Lipinski definition) is 4. The second-order valence-electron chi connectivity index (χ2n) is 11.6. The first-order valence-corrected chi connectivity index (χ1v) is 12.9. The number of rotatable bonds is 9. The normalized spacial score (nSPS) is 22.3. The Morgan fingerprint density at radius 2 is 2.06 bits per heavy atom. The molecule has 2 saturated carbocycles. The van der Waals surface area contributed by atoms with Crippen molar-refractivity contribution in [2.75, 3.05) is 0 Å². The van der Waals surface area contributed by atoms with Crippen molar-refractivity contribution in [2.45, 2.75) is 77.7 Å². The predicted molar refractivity (Wildman–Crippen MR) is 136 cm³/mol. The highest BCUT2D eigenvalue weighted by molar-refractivity contribution is 6.35. The van der Waals surface area contributed by atoms with Crippen LogP contribution in [0.15, 0.2) is 24.3 Å². The minimum atomic E-state index is -1.15. The van der Waals surface area contributed by atoms with Gasteiger partial charge in [-0.1, -0.05) is 50.4 Å². The van der Waals surface area contributed by atoms with Crippen molar-refractivity contribution in [3.63, 3.8) is 0 Å². The number of carbonyl (C=O) groups excluding carboxylic acids is 3. The standard InChI is InChI=1S/C28H34ClN3O3/c1-27(2)10-9-19(24(34)15-27)14-28(3,16-30)32-26(35)20(11-17-7-8-17)13-23(33)22-12-18-5-4-6-21(29)25(18)31-22/h4-6,12,17,19-20,31H,7-11,13-15H2,1-3H3,(H,32,35). The maximum absolute atomic E-state index is 13.4. The molecule has 2 fully saturated rings. The molecule has 4 rings (SSSR count). The van der Waals surface area contributed by atoms with E-state index in [-0.39, 0.29) is 35.2 Å². The minimum Gasteiger partial charge on any atom is -0.351 e. The maximum Gasteiger partial charge on any atom is 0.224 e. The quantitative estimate of drug-likeness (QED) is 0.416. The van der Waals surface area contributed by atoms with E-state index >= 15 is 0 Å². The van der Waals surface area contributed by atoms with Crippen molar-refractivity contribution in [1.82, 2.24) is 10.3 Å². The molecule has 0 spiro atoms. The fourth-order valence-electron chi connectivity index (χ4n) is 5.28. The number of carbonyl (C=O) groups is 3. The Kier molecular flexibility index (Phi) is 7.11. The number of fused-ring (bicyclic) bond motifs is 1. The van der Waals surface area contributed by atoms with Crippen LogP contribution in [0.4, 0.5) is 0 Å². The molecule has 0 saturated heterocycles. The zero-order valence-electron chi connectivity index (χ0n) is 20.7. The number of ketones is 2. The molecule has 1 aromatic heterocycles. The summed E-state index contributed by atoms with van der Waals surface area (Å²) in [5, 5.41) is 14.2. The number of nitriles is 1. The summed E-state index contributed by atoms with van der Waals surface area (Å²) in [7, 11) is 0. The largest absolute Gasteiger partial charge is 0.351 e. The number of nitrogens with zero attached hydrogens (tertiary/aromatic N) is 1. The molecule has 1 heterocycles. The highest BCUT2D eigenvalue weighted by atomic mass is 35.5. The van der Waals surface area contributed by atoms with Crippen molar-refractivity contribution in [2.24, 2.45) is 23.2 Å². The van der Waals surface area contributed by atoms with Crippen LogP contribution in [0, 0.1) is 34.5 Å². The molecule has 35 heavy (non-hydrogen) atoms. The van der Waals surface area contributed by atoms with Crippen LogP contribution in [0.3, 0.4) is 0 Å². The lowest BCUT2D eigenvalue weighted by molar-refractivity contribution is -0.130. The Morgan fingerprint density at radius 1 is 1.31 bits per heavy atom. The Bertz CT molecular complexity index is 1190. The third kappa shape index (κ3) is 6.13. The van der Waals surface area contributed by atoms with E-state index in [1.165, 1.54) is 0 Å². The molecule has 0 aliphatic heterocycles. The molecular formula is C28H34ClN3O3. The minimum absolute atomic E-state index is 0.0115. The van der Waals surface area contributed by atoms with Crippen LogP contribution >= 0.6 is 11.6 Å². The van der Waals surface area contributed by atoms with Crippen LogP contribution < -0.4 is 5.32 Å². The van der Waals surface area contributed by atoms with Crippen LogP contribution in [0.5, 0.6) is 0 Å². The number of amides is 1. The Hall–Kier alpha value is -2.65. The molecule has 2 N–H and O–H groups in total. The third-order valence-electron chi connectivity index (χ3n) is 7.60. The number of aromatic amines is 1. The summed E-state index contributed by atoms with van der Waals surface area (Å²) >= 11 is 6.24. The number of benzene rings is 1. The topological polar surface area (TPSA) is 103 Å².